The van der Waals surface area contributed by atoms with E-state index in [1.165, 1.54) is 11.8 Å². The fourth-order valence-electron chi connectivity index (χ4n) is 1.58. The molecule has 0 aliphatic carbocycles. The van der Waals surface area contributed by atoms with Crippen LogP contribution in [0.25, 0.3) is 0 Å². The molecule has 0 aliphatic rings. The lowest BCUT2D eigenvalue weighted by molar-refractivity contribution is 0.0523. The molecule has 1 rings (SSSR count). The Bertz CT molecular complexity index is 498. The van der Waals surface area contributed by atoms with Gasteiger partial charge in [-0.3, -0.25) is 5.41 Å². The number of hydrogen-bond acceptors (Lipinski definition) is 4. The van der Waals surface area contributed by atoms with Crippen LogP contribution in [0, 0.1) is 5.41 Å². The first kappa shape index (κ1) is 17.4. The fourth-order valence-corrected chi connectivity index (χ4v) is 2.05. The van der Waals surface area contributed by atoms with Crippen molar-refractivity contribution in [3.63, 3.8) is 0 Å². The Morgan fingerprint density at radius 3 is 2.62 bits per heavy atom. The monoisotopic (exact) mass is 309 g/mol. The Balaban J connectivity index is 2.63. The van der Waals surface area contributed by atoms with Gasteiger partial charge in [0.2, 0.25) is 0 Å². The van der Waals surface area contributed by atoms with E-state index in [9.17, 15) is 4.79 Å². The van der Waals surface area contributed by atoms with Crippen LogP contribution in [-0.4, -0.2) is 22.6 Å². The van der Waals surface area contributed by atoms with Crippen LogP contribution >= 0.6 is 11.8 Å². The van der Waals surface area contributed by atoms with Gasteiger partial charge in [-0.1, -0.05) is 36.9 Å². The predicted octanol–water partition coefficient (Wildman–Crippen LogP) is 3.81. The number of carbonyl (C=O) groups is 1. The summed E-state index contributed by atoms with van der Waals surface area (Å²) in [5, 5.41) is 13.9. The van der Waals surface area contributed by atoms with Gasteiger partial charge in [0.15, 0.2) is 5.17 Å². The number of benzene rings is 1. The van der Waals surface area contributed by atoms with E-state index in [1.54, 1.807) is 0 Å². The summed E-state index contributed by atoms with van der Waals surface area (Å²) in [5.41, 5.74) is 1.21. The maximum atomic E-state index is 11.7. The summed E-state index contributed by atoms with van der Waals surface area (Å²) in [6.45, 7) is 7.82. The molecule has 0 unspecified atom stereocenters. The molecule has 0 heterocycles. The van der Waals surface area contributed by atoms with Gasteiger partial charge in [0, 0.05) is 12.2 Å². The Kier molecular flexibility index (Phi) is 6.55. The number of hydrogen-bond donors (Lipinski definition) is 3. The minimum Gasteiger partial charge on any atom is -0.444 e. The van der Waals surface area contributed by atoms with Crippen LogP contribution < -0.4 is 10.6 Å². The normalized spacial score (nSPS) is 10.9. The second-order valence-electron chi connectivity index (χ2n) is 5.40. The molecule has 0 radical (unpaired) electrons. The second-order valence-corrected chi connectivity index (χ2v) is 6.67. The van der Waals surface area contributed by atoms with E-state index >= 15 is 0 Å². The molecule has 0 atom stereocenters. The van der Waals surface area contributed by atoms with Gasteiger partial charge in [-0.05, 0) is 38.2 Å². The lowest BCUT2D eigenvalue weighted by atomic mass is 10.2. The molecule has 3 N–H and O–H groups in total. The number of para-hydroxylation sites is 1. The van der Waals surface area contributed by atoms with Crippen LogP contribution in [0.3, 0.4) is 0 Å². The molecule has 0 bridgehead atoms. The third kappa shape index (κ3) is 7.04. The number of alkyl carbamates (subject to hydrolysis) is 1. The zero-order chi connectivity index (χ0) is 15.9. The van der Waals surface area contributed by atoms with E-state index in [2.05, 4.69) is 10.6 Å². The highest BCUT2D eigenvalue weighted by Gasteiger charge is 2.16. The van der Waals surface area contributed by atoms with Gasteiger partial charge in [-0.2, -0.15) is 0 Å². The highest BCUT2D eigenvalue weighted by atomic mass is 32.2. The quantitative estimate of drug-likeness (QED) is 0.584. The minimum atomic E-state index is -0.512. The summed E-state index contributed by atoms with van der Waals surface area (Å²) in [4.78, 5) is 11.7. The third-order valence-electron chi connectivity index (χ3n) is 2.38. The second kappa shape index (κ2) is 7.93. The predicted molar refractivity (Wildman–Crippen MR) is 89.0 cm³/mol. The Hall–Kier alpha value is -1.69. The molecule has 6 heteroatoms. The molecule has 1 amide bonds. The summed E-state index contributed by atoms with van der Waals surface area (Å²) >= 11 is 1.43. The zero-order valence-corrected chi connectivity index (χ0v) is 13.8. The first-order valence-corrected chi connectivity index (χ1v) is 7.83. The lowest BCUT2D eigenvalue weighted by Crippen LogP contribution is -2.32. The minimum absolute atomic E-state index is 0.349. The van der Waals surface area contributed by atoms with Crippen LogP contribution in [0.15, 0.2) is 24.3 Å². The van der Waals surface area contributed by atoms with Crippen LogP contribution in [0.1, 0.15) is 33.3 Å². The van der Waals surface area contributed by atoms with E-state index in [1.807, 2.05) is 52.0 Å². The van der Waals surface area contributed by atoms with E-state index in [4.69, 9.17) is 10.1 Å². The average molecular weight is 309 g/mol. The van der Waals surface area contributed by atoms with Crippen molar-refractivity contribution in [2.24, 2.45) is 0 Å². The molecular formula is C15H23N3O2S. The molecule has 0 fully saturated rings. The number of rotatable bonds is 4. The highest BCUT2D eigenvalue weighted by Crippen LogP contribution is 2.17. The first-order valence-electron chi connectivity index (χ1n) is 6.85. The smallest absolute Gasteiger partial charge is 0.407 e. The van der Waals surface area contributed by atoms with Crippen molar-refractivity contribution in [1.82, 2.24) is 5.32 Å². The van der Waals surface area contributed by atoms with Gasteiger partial charge in [0.1, 0.15) is 5.60 Å². The molecule has 5 nitrogen and oxygen atoms in total. The maximum Gasteiger partial charge on any atom is 0.407 e. The molecule has 0 saturated heterocycles. The van der Waals surface area contributed by atoms with Crippen molar-refractivity contribution >= 4 is 28.7 Å². The number of ether oxygens (including phenoxy) is 1. The average Bonchev–Trinajstić information content (AvgIpc) is 2.36. The van der Waals surface area contributed by atoms with Crippen LogP contribution in [-0.2, 0) is 11.3 Å². The van der Waals surface area contributed by atoms with Crippen molar-refractivity contribution in [3.05, 3.63) is 29.8 Å². The molecule has 1 aromatic carbocycles. The van der Waals surface area contributed by atoms with E-state index in [0.29, 0.717) is 11.7 Å². The number of carbonyl (C=O) groups excluding carboxylic acids is 1. The summed E-state index contributed by atoms with van der Waals surface area (Å²) in [6, 6.07) is 7.58. The van der Waals surface area contributed by atoms with Crippen LogP contribution in [0.2, 0.25) is 0 Å². The Morgan fingerprint density at radius 2 is 2.00 bits per heavy atom. The molecule has 21 heavy (non-hydrogen) atoms. The van der Waals surface area contributed by atoms with Gasteiger partial charge in [0.05, 0.1) is 0 Å². The number of amides is 1. The number of thioether (sulfide) groups is 1. The standard InChI is InChI=1S/C15H23N3O2S/c1-5-21-13(16)18-12-9-7-6-8-11(12)10-17-14(19)20-15(2,3)4/h6-9H,5,10H2,1-4H3,(H2,16,18)(H,17,19). The SMILES string of the molecule is CCSC(=N)Nc1ccccc1CNC(=O)OC(C)(C)C. The summed E-state index contributed by atoms with van der Waals surface area (Å²) in [7, 11) is 0. The molecule has 116 valence electrons. The molecule has 1 aromatic rings. The fraction of sp³-hybridized carbons (Fsp3) is 0.467. The van der Waals surface area contributed by atoms with Gasteiger partial charge in [-0.15, -0.1) is 0 Å². The van der Waals surface area contributed by atoms with Gasteiger partial charge in [-0.25, -0.2) is 4.79 Å². The molecule has 0 spiro atoms. The van der Waals surface area contributed by atoms with Gasteiger partial charge in [0.25, 0.3) is 0 Å². The summed E-state index contributed by atoms with van der Waals surface area (Å²) in [5.74, 6) is 0.837. The summed E-state index contributed by atoms with van der Waals surface area (Å²) in [6.07, 6.45) is -0.449. The lowest BCUT2D eigenvalue weighted by Gasteiger charge is -2.20. The maximum absolute atomic E-state index is 11.7. The molecule has 0 aromatic heterocycles. The van der Waals surface area contributed by atoms with Crippen LogP contribution in [0.5, 0.6) is 0 Å². The summed E-state index contributed by atoms with van der Waals surface area (Å²) < 4.78 is 5.20. The zero-order valence-electron chi connectivity index (χ0n) is 12.9. The topological polar surface area (TPSA) is 74.2 Å². The largest absolute Gasteiger partial charge is 0.444 e. The van der Waals surface area contributed by atoms with Crippen molar-refractivity contribution in [1.29, 1.82) is 5.41 Å². The number of anilines is 1. The number of amidine groups is 1. The van der Waals surface area contributed by atoms with Crippen molar-refractivity contribution in [2.45, 2.75) is 39.8 Å². The van der Waals surface area contributed by atoms with Crippen molar-refractivity contribution in [2.75, 3.05) is 11.1 Å². The van der Waals surface area contributed by atoms with Gasteiger partial charge < -0.3 is 15.4 Å². The van der Waals surface area contributed by atoms with E-state index < -0.39 is 11.7 Å². The van der Waals surface area contributed by atoms with E-state index in [-0.39, 0.29) is 0 Å². The Morgan fingerprint density at radius 1 is 1.33 bits per heavy atom. The Labute approximate surface area is 130 Å². The first-order chi connectivity index (χ1) is 9.81. The molecular weight excluding hydrogens is 286 g/mol. The van der Waals surface area contributed by atoms with Gasteiger partial charge >= 0.3 is 6.09 Å². The van der Waals surface area contributed by atoms with Crippen LogP contribution in [0.4, 0.5) is 10.5 Å². The van der Waals surface area contributed by atoms with E-state index in [0.717, 1.165) is 17.0 Å². The molecule has 0 saturated carbocycles. The van der Waals surface area contributed by atoms with Crippen molar-refractivity contribution in [3.8, 4) is 0 Å². The molecule has 0 aliphatic heterocycles. The van der Waals surface area contributed by atoms with Crippen molar-refractivity contribution < 1.29 is 9.53 Å². The third-order valence-corrected chi connectivity index (χ3v) is 3.06. The number of nitrogens with one attached hydrogen (secondary N) is 3. The highest BCUT2D eigenvalue weighted by molar-refractivity contribution is 8.14.